The van der Waals surface area contributed by atoms with Gasteiger partial charge in [0.1, 0.15) is 5.78 Å². The zero-order chi connectivity index (χ0) is 14.3. The third kappa shape index (κ3) is 2.49. The predicted molar refractivity (Wildman–Crippen MR) is 68.8 cm³/mol. The van der Waals surface area contributed by atoms with Crippen molar-refractivity contribution in [3.05, 3.63) is 34.1 Å². The van der Waals surface area contributed by atoms with Gasteiger partial charge in [0.2, 0.25) is 11.7 Å². The molecule has 1 heterocycles. The number of hydrogen-bond acceptors (Lipinski definition) is 4. The molecular formula is C13H9BrF2N2O2. The fraction of sp³-hybridized carbons (Fsp3) is 0.308. The summed E-state index contributed by atoms with van der Waals surface area (Å²) in [5.41, 5.74) is 0.276. The summed E-state index contributed by atoms with van der Waals surface area (Å²) in [6, 6.07) is 2.33. The van der Waals surface area contributed by atoms with Crippen LogP contribution in [-0.4, -0.2) is 15.9 Å². The summed E-state index contributed by atoms with van der Waals surface area (Å²) < 4.78 is 31.4. The zero-order valence-corrected chi connectivity index (χ0v) is 11.8. The fourth-order valence-electron chi connectivity index (χ4n) is 1.83. The number of rotatable bonds is 4. The minimum Gasteiger partial charge on any atom is -0.338 e. The van der Waals surface area contributed by atoms with Crippen molar-refractivity contribution < 1.29 is 18.1 Å². The Morgan fingerprint density at radius 3 is 2.85 bits per heavy atom. The molecule has 0 N–H and O–H groups in total. The number of hydrogen-bond donors (Lipinski definition) is 0. The number of carbonyl (C=O) groups is 1. The lowest BCUT2D eigenvalue weighted by Gasteiger charge is -2.00. The molecule has 1 aromatic heterocycles. The maximum atomic E-state index is 13.4. The molecule has 0 atom stereocenters. The molecule has 0 bridgehead atoms. The van der Waals surface area contributed by atoms with Crippen molar-refractivity contribution in [2.75, 3.05) is 0 Å². The van der Waals surface area contributed by atoms with Crippen molar-refractivity contribution in [1.82, 2.24) is 10.1 Å². The maximum Gasteiger partial charge on any atom is 0.234 e. The summed E-state index contributed by atoms with van der Waals surface area (Å²) in [6.07, 6.45) is 1.90. The third-order valence-corrected chi connectivity index (χ3v) is 3.88. The molecule has 1 aromatic carbocycles. The number of benzene rings is 1. The molecule has 2 aromatic rings. The first-order valence-electron chi connectivity index (χ1n) is 6.05. The normalized spacial score (nSPS) is 14.6. The van der Waals surface area contributed by atoms with Gasteiger partial charge in [0.05, 0.1) is 10.9 Å². The molecule has 104 valence electrons. The minimum atomic E-state index is -1.01. The molecule has 20 heavy (non-hydrogen) atoms. The Morgan fingerprint density at radius 1 is 1.40 bits per heavy atom. The summed E-state index contributed by atoms with van der Waals surface area (Å²) >= 11 is 2.96. The Labute approximate surface area is 121 Å². The Balaban J connectivity index is 1.86. The van der Waals surface area contributed by atoms with Gasteiger partial charge in [0, 0.05) is 11.5 Å². The number of carbonyl (C=O) groups excluding carboxylic acids is 1. The van der Waals surface area contributed by atoms with Crippen LogP contribution in [0, 0.1) is 17.6 Å². The van der Waals surface area contributed by atoms with Crippen LogP contribution >= 0.6 is 15.9 Å². The molecule has 1 saturated carbocycles. The van der Waals surface area contributed by atoms with Crippen LogP contribution in [0.5, 0.6) is 0 Å². The SMILES string of the molecule is O=C(Cc1nc(-c2ccc(F)c(F)c2Br)no1)C1CC1. The maximum absolute atomic E-state index is 13.4. The minimum absolute atomic E-state index is 0.0710. The van der Waals surface area contributed by atoms with Crippen LogP contribution in [0.3, 0.4) is 0 Å². The number of ketones is 1. The molecule has 4 nitrogen and oxygen atoms in total. The van der Waals surface area contributed by atoms with E-state index in [0.717, 1.165) is 18.9 Å². The highest BCUT2D eigenvalue weighted by Gasteiger charge is 2.30. The molecule has 1 fully saturated rings. The molecule has 0 spiro atoms. The van der Waals surface area contributed by atoms with Gasteiger partial charge in [0.15, 0.2) is 11.6 Å². The molecule has 0 saturated heterocycles. The average Bonchev–Trinajstić information content (AvgIpc) is 3.18. The van der Waals surface area contributed by atoms with Crippen molar-refractivity contribution in [2.45, 2.75) is 19.3 Å². The van der Waals surface area contributed by atoms with E-state index in [1.54, 1.807) is 0 Å². The van der Waals surface area contributed by atoms with Gasteiger partial charge < -0.3 is 4.52 Å². The van der Waals surface area contributed by atoms with E-state index in [-0.39, 0.29) is 39.9 Å². The van der Waals surface area contributed by atoms with Crippen molar-refractivity contribution in [1.29, 1.82) is 0 Å². The Hall–Kier alpha value is -1.63. The Kier molecular flexibility index (Phi) is 3.37. The second-order valence-electron chi connectivity index (χ2n) is 4.65. The molecule has 3 rings (SSSR count). The number of nitrogens with zero attached hydrogens (tertiary/aromatic N) is 2. The van der Waals surface area contributed by atoms with E-state index in [2.05, 4.69) is 26.1 Å². The highest BCUT2D eigenvalue weighted by atomic mass is 79.9. The topological polar surface area (TPSA) is 56.0 Å². The van der Waals surface area contributed by atoms with Crippen LogP contribution in [0.1, 0.15) is 18.7 Å². The van der Waals surface area contributed by atoms with Gasteiger partial charge in [-0.25, -0.2) is 8.78 Å². The second-order valence-corrected chi connectivity index (χ2v) is 5.44. The lowest BCUT2D eigenvalue weighted by atomic mass is 10.2. The highest BCUT2D eigenvalue weighted by Crippen LogP contribution is 2.32. The van der Waals surface area contributed by atoms with Gasteiger partial charge in [-0.1, -0.05) is 5.16 Å². The average molecular weight is 343 g/mol. The molecule has 1 aliphatic rings. The van der Waals surface area contributed by atoms with Crippen molar-refractivity contribution >= 4 is 21.7 Å². The Bertz CT molecular complexity index is 683. The smallest absolute Gasteiger partial charge is 0.234 e. The van der Waals surface area contributed by atoms with Gasteiger partial charge in [-0.15, -0.1) is 0 Å². The van der Waals surface area contributed by atoms with Gasteiger partial charge in [0.25, 0.3) is 0 Å². The zero-order valence-electron chi connectivity index (χ0n) is 10.2. The number of aromatic nitrogens is 2. The molecule has 1 aliphatic carbocycles. The van der Waals surface area contributed by atoms with E-state index in [1.165, 1.54) is 6.07 Å². The van der Waals surface area contributed by atoms with E-state index in [1.807, 2.05) is 0 Å². The summed E-state index contributed by atoms with van der Waals surface area (Å²) in [5, 5.41) is 3.69. The monoisotopic (exact) mass is 342 g/mol. The van der Waals surface area contributed by atoms with Gasteiger partial charge >= 0.3 is 0 Å². The predicted octanol–water partition coefficient (Wildman–Crippen LogP) is 3.30. The first-order chi connectivity index (χ1) is 9.56. The largest absolute Gasteiger partial charge is 0.338 e. The molecule has 7 heteroatoms. The van der Waals surface area contributed by atoms with Gasteiger partial charge in [-0.05, 0) is 40.9 Å². The van der Waals surface area contributed by atoms with Crippen LogP contribution in [0.2, 0.25) is 0 Å². The van der Waals surface area contributed by atoms with E-state index in [9.17, 15) is 13.6 Å². The van der Waals surface area contributed by atoms with Crippen molar-refractivity contribution in [3.8, 4) is 11.4 Å². The van der Waals surface area contributed by atoms with Crippen molar-refractivity contribution in [2.24, 2.45) is 5.92 Å². The van der Waals surface area contributed by atoms with Crippen LogP contribution in [-0.2, 0) is 11.2 Å². The quantitative estimate of drug-likeness (QED) is 0.800. The summed E-state index contributed by atoms with van der Waals surface area (Å²) in [5.74, 6) is -1.48. The summed E-state index contributed by atoms with van der Waals surface area (Å²) in [7, 11) is 0. The van der Waals surface area contributed by atoms with Gasteiger partial charge in [-0.3, -0.25) is 4.79 Å². The standard InChI is InChI=1S/C13H9BrF2N2O2/c14-11-7(3-4-8(15)12(11)16)13-17-10(20-18-13)5-9(19)6-1-2-6/h3-4,6H,1-2,5H2. The lowest BCUT2D eigenvalue weighted by molar-refractivity contribution is -0.119. The Morgan fingerprint density at radius 2 is 2.15 bits per heavy atom. The van der Waals surface area contributed by atoms with E-state index in [0.29, 0.717) is 0 Å². The molecule has 0 amide bonds. The first kappa shape index (κ1) is 13.4. The third-order valence-electron chi connectivity index (χ3n) is 3.10. The molecule has 0 unspecified atom stereocenters. The van der Waals surface area contributed by atoms with E-state index >= 15 is 0 Å². The van der Waals surface area contributed by atoms with E-state index in [4.69, 9.17) is 4.52 Å². The number of halogens is 3. The molecular weight excluding hydrogens is 334 g/mol. The second kappa shape index (κ2) is 5.05. The van der Waals surface area contributed by atoms with Gasteiger partial charge in [-0.2, -0.15) is 4.98 Å². The van der Waals surface area contributed by atoms with Crippen LogP contribution in [0.4, 0.5) is 8.78 Å². The van der Waals surface area contributed by atoms with Crippen LogP contribution in [0.25, 0.3) is 11.4 Å². The summed E-state index contributed by atoms with van der Waals surface area (Å²) in [4.78, 5) is 15.7. The van der Waals surface area contributed by atoms with Crippen molar-refractivity contribution in [3.63, 3.8) is 0 Å². The first-order valence-corrected chi connectivity index (χ1v) is 6.84. The number of Topliss-reactive ketones (excluding diaryl/α,β-unsaturated/α-hetero) is 1. The molecule has 0 aliphatic heterocycles. The summed E-state index contributed by atoms with van der Waals surface area (Å²) in [6.45, 7) is 0. The van der Waals surface area contributed by atoms with E-state index < -0.39 is 11.6 Å². The highest BCUT2D eigenvalue weighted by molar-refractivity contribution is 9.10. The fourth-order valence-corrected chi connectivity index (χ4v) is 2.33. The lowest BCUT2D eigenvalue weighted by Crippen LogP contribution is -2.04. The molecule has 0 radical (unpaired) electrons. The van der Waals surface area contributed by atoms with Crippen LogP contribution in [0.15, 0.2) is 21.1 Å². The van der Waals surface area contributed by atoms with Crippen LogP contribution < -0.4 is 0 Å².